The zero-order valence-electron chi connectivity index (χ0n) is 10.9. The minimum atomic E-state index is -2.90. The van der Waals surface area contributed by atoms with Crippen LogP contribution < -0.4 is 14.8 Å². The first-order valence-electron chi connectivity index (χ1n) is 5.60. The number of benzene rings is 1. The van der Waals surface area contributed by atoms with E-state index in [2.05, 4.69) is 5.32 Å². The maximum Gasteiger partial charge on any atom is 0.147 e. The molecule has 0 radical (unpaired) electrons. The molecule has 0 amide bonds. The zero-order chi connectivity index (χ0) is 13.6. The van der Waals surface area contributed by atoms with Crippen molar-refractivity contribution in [3.63, 3.8) is 0 Å². The van der Waals surface area contributed by atoms with Crippen LogP contribution >= 0.6 is 0 Å². The van der Waals surface area contributed by atoms with E-state index >= 15 is 0 Å². The average molecular weight is 273 g/mol. The van der Waals surface area contributed by atoms with Gasteiger partial charge < -0.3 is 14.8 Å². The molecule has 0 saturated carbocycles. The molecule has 1 aromatic carbocycles. The molecule has 1 rings (SSSR count). The van der Waals surface area contributed by atoms with Crippen LogP contribution in [0.3, 0.4) is 0 Å². The van der Waals surface area contributed by atoms with Gasteiger partial charge in [0.05, 0.1) is 25.7 Å². The molecule has 1 N–H and O–H groups in total. The molecule has 0 aromatic heterocycles. The second kappa shape index (κ2) is 6.49. The smallest absolute Gasteiger partial charge is 0.147 e. The van der Waals surface area contributed by atoms with E-state index in [4.69, 9.17) is 9.47 Å². The van der Waals surface area contributed by atoms with E-state index in [0.717, 1.165) is 5.69 Å². The SMILES string of the molecule is COc1ccc(NCCCS(C)(=O)=O)c(OC)c1. The molecule has 6 heteroatoms. The molecule has 0 aliphatic carbocycles. The largest absolute Gasteiger partial charge is 0.497 e. The number of ether oxygens (including phenoxy) is 2. The maximum absolute atomic E-state index is 11.0. The van der Waals surface area contributed by atoms with Crippen molar-refractivity contribution in [1.29, 1.82) is 0 Å². The Morgan fingerprint density at radius 2 is 1.94 bits per heavy atom. The Bertz CT molecular complexity index is 485. The molecule has 0 atom stereocenters. The monoisotopic (exact) mass is 273 g/mol. The highest BCUT2D eigenvalue weighted by Gasteiger charge is 2.05. The summed E-state index contributed by atoms with van der Waals surface area (Å²) >= 11 is 0. The molecule has 0 saturated heterocycles. The summed E-state index contributed by atoms with van der Waals surface area (Å²) in [6.07, 6.45) is 1.80. The third kappa shape index (κ3) is 4.83. The van der Waals surface area contributed by atoms with Crippen molar-refractivity contribution in [2.75, 3.05) is 38.1 Å². The minimum absolute atomic E-state index is 0.179. The van der Waals surface area contributed by atoms with Crippen molar-refractivity contribution in [3.05, 3.63) is 18.2 Å². The summed E-state index contributed by atoms with van der Waals surface area (Å²) in [5.74, 6) is 1.57. The van der Waals surface area contributed by atoms with Crippen molar-refractivity contribution in [2.24, 2.45) is 0 Å². The average Bonchev–Trinajstić information content (AvgIpc) is 2.33. The van der Waals surface area contributed by atoms with E-state index in [1.807, 2.05) is 12.1 Å². The second-order valence-electron chi connectivity index (χ2n) is 3.98. The van der Waals surface area contributed by atoms with E-state index in [1.165, 1.54) is 6.26 Å². The highest BCUT2D eigenvalue weighted by atomic mass is 32.2. The van der Waals surface area contributed by atoms with Gasteiger partial charge in [0, 0.05) is 18.9 Å². The normalized spacial score (nSPS) is 11.1. The first-order valence-corrected chi connectivity index (χ1v) is 7.66. The molecule has 0 spiro atoms. The third-order valence-electron chi connectivity index (χ3n) is 2.42. The van der Waals surface area contributed by atoms with Crippen molar-refractivity contribution in [2.45, 2.75) is 6.42 Å². The van der Waals surface area contributed by atoms with Crippen LogP contribution in [0.15, 0.2) is 18.2 Å². The summed E-state index contributed by atoms with van der Waals surface area (Å²) in [6, 6.07) is 5.44. The summed E-state index contributed by atoms with van der Waals surface area (Å²) in [5, 5.41) is 3.14. The summed E-state index contributed by atoms with van der Waals surface area (Å²) in [7, 11) is 0.275. The molecule has 18 heavy (non-hydrogen) atoms. The molecule has 0 fully saturated rings. The van der Waals surface area contributed by atoms with Gasteiger partial charge in [-0.1, -0.05) is 0 Å². The lowest BCUT2D eigenvalue weighted by Gasteiger charge is -2.12. The molecule has 0 unspecified atom stereocenters. The maximum atomic E-state index is 11.0. The molecule has 0 aliphatic rings. The number of sulfone groups is 1. The van der Waals surface area contributed by atoms with E-state index in [9.17, 15) is 8.42 Å². The van der Waals surface area contributed by atoms with Crippen molar-refractivity contribution in [1.82, 2.24) is 0 Å². The number of nitrogens with one attached hydrogen (secondary N) is 1. The van der Waals surface area contributed by atoms with E-state index in [0.29, 0.717) is 24.5 Å². The number of rotatable bonds is 7. The van der Waals surface area contributed by atoms with Gasteiger partial charge in [-0.25, -0.2) is 8.42 Å². The predicted octanol–water partition coefficient (Wildman–Crippen LogP) is 1.55. The lowest BCUT2D eigenvalue weighted by Crippen LogP contribution is -2.10. The Morgan fingerprint density at radius 1 is 1.22 bits per heavy atom. The molecule has 102 valence electrons. The molecule has 0 heterocycles. The molecule has 0 bridgehead atoms. The van der Waals surface area contributed by atoms with E-state index < -0.39 is 9.84 Å². The minimum Gasteiger partial charge on any atom is -0.497 e. The van der Waals surface area contributed by atoms with Crippen LogP contribution in [0.1, 0.15) is 6.42 Å². The Balaban J connectivity index is 2.56. The van der Waals surface area contributed by atoms with Gasteiger partial charge in [0.15, 0.2) is 0 Å². The standard InChI is InChI=1S/C12H19NO4S/c1-16-10-5-6-11(12(9-10)17-2)13-7-4-8-18(3,14)15/h5-6,9,13H,4,7-8H2,1-3H3. The molecule has 5 nitrogen and oxygen atoms in total. The quantitative estimate of drug-likeness (QED) is 0.764. The summed E-state index contributed by atoms with van der Waals surface area (Å²) in [6.45, 7) is 0.579. The van der Waals surface area contributed by atoms with Gasteiger partial charge in [-0.05, 0) is 18.6 Å². The number of methoxy groups -OCH3 is 2. The first-order chi connectivity index (χ1) is 8.46. The molecular formula is C12H19NO4S. The molecular weight excluding hydrogens is 254 g/mol. The van der Waals surface area contributed by atoms with Gasteiger partial charge >= 0.3 is 0 Å². The Hall–Kier alpha value is -1.43. The second-order valence-corrected chi connectivity index (χ2v) is 6.24. The highest BCUT2D eigenvalue weighted by molar-refractivity contribution is 7.90. The molecule has 0 aliphatic heterocycles. The predicted molar refractivity (Wildman–Crippen MR) is 72.4 cm³/mol. The van der Waals surface area contributed by atoms with Gasteiger partial charge in [0.2, 0.25) is 0 Å². The number of anilines is 1. The zero-order valence-corrected chi connectivity index (χ0v) is 11.7. The summed E-state index contributed by atoms with van der Waals surface area (Å²) in [4.78, 5) is 0. The fourth-order valence-electron chi connectivity index (χ4n) is 1.50. The van der Waals surface area contributed by atoms with Crippen LogP contribution in [-0.2, 0) is 9.84 Å². The van der Waals surface area contributed by atoms with Crippen LogP contribution in [0.2, 0.25) is 0 Å². The Morgan fingerprint density at radius 3 is 2.50 bits per heavy atom. The van der Waals surface area contributed by atoms with Gasteiger partial charge in [0.25, 0.3) is 0 Å². The first kappa shape index (κ1) is 14.6. The summed E-state index contributed by atoms with van der Waals surface area (Å²) < 4.78 is 32.3. The van der Waals surface area contributed by atoms with E-state index in [-0.39, 0.29) is 5.75 Å². The van der Waals surface area contributed by atoms with E-state index in [1.54, 1.807) is 20.3 Å². The fraction of sp³-hybridized carbons (Fsp3) is 0.500. The Labute approximate surface area is 108 Å². The van der Waals surface area contributed by atoms with Crippen LogP contribution in [0.4, 0.5) is 5.69 Å². The summed E-state index contributed by atoms with van der Waals surface area (Å²) in [5.41, 5.74) is 0.826. The van der Waals surface area contributed by atoms with Crippen molar-refractivity contribution < 1.29 is 17.9 Å². The Kier molecular flexibility index (Phi) is 5.27. The van der Waals surface area contributed by atoms with Crippen LogP contribution in [0.5, 0.6) is 11.5 Å². The highest BCUT2D eigenvalue weighted by Crippen LogP contribution is 2.28. The van der Waals surface area contributed by atoms with Gasteiger partial charge in [-0.3, -0.25) is 0 Å². The lowest BCUT2D eigenvalue weighted by atomic mass is 10.2. The van der Waals surface area contributed by atoms with Crippen molar-refractivity contribution in [3.8, 4) is 11.5 Å². The van der Waals surface area contributed by atoms with Gasteiger partial charge in [-0.15, -0.1) is 0 Å². The van der Waals surface area contributed by atoms with Crippen molar-refractivity contribution >= 4 is 15.5 Å². The number of hydrogen-bond donors (Lipinski definition) is 1. The molecule has 1 aromatic rings. The third-order valence-corrected chi connectivity index (χ3v) is 3.45. The lowest BCUT2D eigenvalue weighted by molar-refractivity contribution is 0.395. The topological polar surface area (TPSA) is 64.6 Å². The fourth-order valence-corrected chi connectivity index (χ4v) is 2.17. The number of hydrogen-bond acceptors (Lipinski definition) is 5. The van der Waals surface area contributed by atoms with Crippen LogP contribution in [-0.4, -0.2) is 41.2 Å². The van der Waals surface area contributed by atoms with Crippen LogP contribution in [0.25, 0.3) is 0 Å². The van der Waals surface area contributed by atoms with Gasteiger partial charge in [-0.2, -0.15) is 0 Å². The van der Waals surface area contributed by atoms with Gasteiger partial charge in [0.1, 0.15) is 21.3 Å². The van der Waals surface area contributed by atoms with Crippen LogP contribution in [0, 0.1) is 0 Å².